The van der Waals surface area contributed by atoms with Crippen LogP contribution in [0, 0.1) is 6.92 Å². The lowest BCUT2D eigenvalue weighted by atomic mass is 9.87. The van der Waals surface area contributed by atoms with E-state index in [9.17, 15) is 9.90 Å². The zero-order valence-electron chi connectivity index (χ0n) is 16.0. The number of amides is 1. The third-order valence-electron chi connectivity index (χ3n) is 4.56. The molecule has 1 amide bonds. The molecule has 0 aliphatic heterocycles. The Balaban J connectivity index is 0.000000195. The van der Waals surface area contributed by atoms with E-state index >= 15 is 0 Å². The van der Waals surface area contributed by atoms with Crippen molar-refractivity contribution >= 4 is 33.3 Å². The highest BCUT2D eigenvalue weighted by Crippen LogP contribution is 2.27. The van der Waals surface area contributed by atoms with Crippen LogP contribution in [0.15, 0.2) is 18.2 Å². The normalized spacial score (nSPS) is 20.3. The van der Waals surface area contributed by atoms with E-state index in [0.29, 0.717) is 0 Å². The maximum Gasteiger partial charge on any atom is 0.408 e. The van der Waals surface area contributed by atoms with E-state index < -0.39 is 6.09 Å². The highest BCUT2D eigenvalue weighted by molar-refractivity contribution is 7.18. The summed E-state index contributed by atoms with van der Waals surface area (Å²) in [6.07, 6.45) is 3.17. The second-order valence-corrected chi connectivity index (χ2v) is 9.03. The van der Waals surface area contributed by atoms with Crippen molar-refractivity contribution in [3.8, 4) is 0 Å². The molecule has 1 heterocycles. The molecule has 0 spiro atoms. The van der Waals surface area contributed by atoms with Crippen LogP contribution in [0.2, 0.25) is 0 Å². The molecule has 1 fully saturated rings. The van der Waals surface area contributed by atoms with E-state index in [2.05, 4.69) is 4.98 Å². The van der Waals surface area contributed by atoms with Gasteiger partial charge in [0.1, 0.15) is 0 Å². The van der Waals surface area contributed by atoms with Gasteiger partial charge in [0.05, 0.1) is 21.3 Å². The van der Waals surface area contributed by atoms with Gasteiger partial charge in [0.25, 0.3) is 0 Å². The van der Waals surface area contributed by atoms with Gasteiger partial charge < -0.3 is 16.6 Å². The Morgan fingerprint density at radius 1 is 1.31 bits per heavy atom. The maximum atomic E-state index is 11.3. The quantitative estimate of drug-likeness (QED) is 0.644. The van der Waals surface area contributed by atoms with E-state index in [1.54, 1.807) is 11.3 Å². The van der Waals surface area contributed by atoms with Gasteiger partial charge in [-0.15, -0.1) is 11.3 Å². The monoisotopic (exact) mass is 378 g/mol. The summed E-state index contributed by atoms with van der Waals surface area (Å²) in [5.41, 5.74) is 13.0. The smallest absolute Gasteiger partial charge is 0.408 e. The fraction of sp³-hybridized carbons (Fsp3) is 0.579. The Morgan fingerprint density at radius 2 is 1.96 bits per heavy atom. The molecule has 1 aromatic carbocycles. The van der Waals surface area contributed by atoms with E-state index in [1.165, 1.54) is 9.60 Å². The van der Waals surface area contributed by atoms with Gasteiger partial charge >= 0.3 is 6.09 Å². The predicted octanol–water partition coefficient (Wildman–Crippen LogP) is 4.22. The first-order chi connectivity index (χ1) is 12.1. The first kappa shape index (κ1) is 20.5. The number of hydrogen-bond donors (Lipinski definition) is 3. The molecule has 3 rings (SSSR count). The molecule has 1 aromatic heterocycles. The van der Waals surface area contributed by atoms with E-state index in [4.69, 9.17) is 11.5 Å². The number of thiazole rings is 1. The van der Waals surface area contributed by atoms with Gasteiger partial charge in [0.2, 0.25) is 0 Å². The van der Waals surface area contributed by atoms with E-state index in [0.717, 1.165) is 41.9 Å². The number of hydrogen-bond acceptors (Lipinski definition) is 5. The number of nitrogens with zero attached hydrogens (tertiary/aromatic N) is 2. The van der Waals surface area contributed by atoms with Gasteiger partial charge in [-0.05, 0) is 58.7 Å². The van der Waals surface area contributed by atoms with Crippen LogP contribution in [0.5, 0.6) is 0 Å². The molecule has 7 heteroatoms. The molecule has 0 unspecified atom stereocenters. The van der Waals surface area contributed by atoms with Crippen molar-refractivity contribution in [1.29, 1.82) is 0 Å². The van der Waals surface area contributed by atoms with Crippen LogP contribution >= 0.6 is 11.3 Å². The fourth-order valence-electron chi connectivity index (χ4n) is 3.45. The first-order valence-corrected chi connectivity index (χ1v) is 9.81. The molecule has 0 saturated heterocycles. The van der Waals surface area contributed by atoms with Gasteiger partial charge in [0.15, 0.2) is 0 Å². The molecule has 1 aliphatic carbocycles. The van der Waals surface area contributed by atoms with Crippen LogP contribution in [-0.4, -0.2) is 38.7 Å². The van der Waals surface area contributed by atoms with Crippen molar-refractivity contribution in [2.75, 3.05) is 5.73 Å². The van der Waals surface area contributed by atoms with Crippen molar-refractivity contribution in [2.24, 2.45) is 5.73 Å². The minimum atomic E-state index is -0.857. The average molecular weight is 379 g/mol. The zero-order valence-corrected chi connectivity index (χ0v) is 16.8. The second-order valence-electron chi connectivity index (χ2n) is 7.80. The van der Waals surface area contributed by atoms with Gasteiger partial charge in [-0.3, -0.25) is 4.90 Å². The second kappa shape index (κ2) is 8.22. The summed E-state index contributed by atoms with van der Waals surface area (Å²) in [5, 5.41) is 10.3. The highest BCUT2D eigenvalue weighted by Gasteiger charge is 2.37. The van der Waals surface area contributed by atoms with Gasteiger partial charge in [-0.1, -0.05) is 12.8 Å². The van der Waals surface area contributed by atoms with Crippen LogP contribution in [0.1, 0.15) is 51.5 Å². The van der Waals surface area contributed by atoms with Crippen LogP contribution in [0.3, 0.4) is 0 Å². The average Bonchev–Trinajstić information content (AvgIpc) is 2.87. The Kier molecular flexibility index (Phi) is 6.47. The summed E-state index contributed by atoms with van der Waals surface area (Å²) in [7, 11) is 0. The number of carbonyl (C=O) groups is 1. The molecule has 0 radical (unpaired) electrons. The predicted molar refractivity (Wildman–Crippen MR) is 109 cm³/mol. The molecule has 144 valence electrons. The van der Waals surface area contributed by atoms with Crippen molar-refractivity contribution in [2.45, 2.75) is 71.0 Å². The number of rotatable bonds is 1. The molecule has 6 nitrogen and oxygen atoms in total. The topological polar surface area (TPSA) is 105 Å². The summed E-state index contributed by atoms with van der Waals surface area (Å²) >= 11 is 1.69. The first-order valence-electron chi connectivity index (χ1n) is 9.00. The van der Waals surface area contributed by atoms with Gasteiger partial charge in [0, 0.05) is 17.3 Å². The Morgan fingerprint density at radius 3 is 2.54 bits per heavy atom. The van der Waals surface area contributed by atoms with Gasteiger partial charge in [-0.2, -0.15) is 0 Å². The lowest BCUT2D eigenvalue weighted by Crippen LogP contribution is -2.58. The third-order valence-corrected chi connectivity index (χ3v) is 5.51. The number of fused-ring (bicyclic) bond motifs is 1. The SMILES string of the molecule is CC(C)(C)N(C(=O)O)[C@H]1CCCC[C@H]1N.Cc1nc2cc(N)ccc2s1. The summed E-state index contributed by atoms with van der Waals surface area (Å²) in [6, 6.07) is 5.79. The van der Waals surface area contributed by atoms with Crippen molar-refractivity contribution in [3.63, 3.8) is 0 Å². The van der Waals surface area contributed by atoms with Crippen LogP contribution in [-0.2, 0) is 0 Å². The standard InChI is InChI=1S/C11H22N2O2.C8H8N2S/c1-11(2,3)13(10(14)15)9-7-5-4-6-8(9)12;1-5-10-7-4-6(9)2-3-8(7)11-5/h8-9H,4-7,12H2,1-3H3,(H,14,15);2-4H,9H2,1H3/t8-,9+;/m1./s1. The van der Waals surface area contributed by atoms with E-state index in [1.807, 2.05) is 45.9 Å². The molecule has 26 heavy (non-hydrogen) atoms. The maximum absolute atomic E-state index is 11.3. The number of benzene rings is 1. The Bertz CT molecular complexity index is 754. The number of aromatic nitrogens is 1. The number of carboxylic acid groups (broad SMARTS) is 1. The van der Waals surface area contributed by atoms with Crippen molar-refractivity contribution in [3.05, 3.63) is 23.2 Å². The minimum Gasteiger partial charge on any atom is -0.465 e. The molecule has 1 saturated carbocycles. The highest BCUT2D eigenvalue weighted by atomic mass is 32.1. The molecule has 1 aliphatic rings. The largest absolute Gasteiger partial charge is 0.465 e. The minimum absolute atomic E-state index is 0.00549. The zero-order chi connectivity index (χ0) is 19.5. The summed E-state index contributed by atoms with van der Waals surface area (Å²) in [4.78, 5) is 17.1. The molecule has 2 aromatic rings. The lowest BCUT2D eigenvalue weighted by Gasteiger charge is -2.44. The van der Waals surface area contributed by atoms with Gasteiger partial charge in [-0.25, -0.2) is 9.78 Å². The summed E-state index contributed by atoms with van der Waals surface area (Å²) < 4.78 is 1.21. The molecular weight excluding hydrogens is 348 g/mol. The molecule has 5 N–H and O–H groups in total. The molecule has 2 atom stereocenters. The Labute approximate surface area is 159 Å². The van der Waals surface area contributed by atoms with Crippen molar-refractivity contribution in [1.82, 2.24) is 9.88 Å². The number of nitrogen functional groups attached to an aromatic ring is 1. The lowest BCUT2D eigenvalue weighted by molar-refractivity contribution is 0.0491. The summed E-state index contributed by atoms with van der Waals surface area (Å²) in [6.45, 7) is 7.76. The summed E-state index contributed by atoms with van der Waals surface area (Å²) in [5.74, 6) is 0. The number of nitrogens with two attached hydrogens (primary N) is 2. The molecular formula is C19H30N4O2S. The number of aryl methyl sites for hydroxylation is 1. The van der Waals surface area contributed by atoms with Crippen LogP contribution < -0.4 is 11.5 Å². The third kappa shape index (κ3) is 5.08. The van der Waals surface area contributed by atoms with Crippen LogP contribution in [0.4, 0.5) is 10.5 Å². The molecule has 0 bridgehead atoms. The Hall–Kier alpha value is -1.86. The number of anilines is 1. The van der Waals surface area contributed by atoms with Crippen LogP contribution in [0.25, 0.3) is 10.2 Å². The van der Waals surface area contributed by atoms with Crippen molar-refractivity contribution < 1.29 is 9.90 Å². The fourth-order valence-corrected chi connectivity index (χ4v) is 4.25. The van der Waals surface area contributed by atoms with E-state index in [-0.39, 0.29) is 17.6 Å².